The number of nitrogens with zero attached hydrogens (tertiary/aromatic N) is 4. The van der Waals surface area contributed by atoms with Crippen LogP contribution in [0.15, 0.2) is 48.5 Å². The molecule has 126 valence electrons. The minimum Gasteiger partial charge on any atom is -0.378 e. The normalized spacial score (nSPS) is 14.6. The van der Waals surface area contributed by atoms with Gasteiger partial charge in [0.25, 0.3) is 5.69 Å². The number of benzene rings is 2. The summed E-state index contributed by atoms with van der Waals surface area (Å²) in [5.41, 5.74) is 2.34. The van der Waals surface area contributed by atoms with E-state index in [1.54, 1.807) is 12.1 Å². The fourth-order valence-corrected chi connectivity index (χ4v) is 2.94. The molecule has 2 heterocycles. The molecule has 2 aromatic carbocycles. The number of aromatic nitrogens is 2. The highest BCUT2D eigenvalue weighted by Crippen LogP contribution is 2.31. The van der Waals surface area contributed by atoms with E-state index < -0.39 is 4.92 Å². The molecule has 0 bridgehead atoms. The summed E-state index contributed by atoms with van der Waals surface area (Å²) >= 11 is 0. The van der Waals surface area contributed by atoms with E-state index >= 15 is 0 Å². The van der Waals surface area contributed by atoms with E-state index in [0.29, 0.717) is 35.8 Å². The summed E-state index contributed by atoms with van der Waals surface area (Å²) in [5.74, 6) is 0.628. The summed E-state index contributed by atoms with van der Waals surface area (Å²) in [7, 11) is 0. The van der Waals surface area contributed by atoms with Crippen molar-refractivity contribution in [3.8, 4) is 11.3 Å². The fourth-order valence-electron chi connectivity index (χ4n) is 2.94. The zero-order valence-electron chi connectivity index (χ0n) is 13.5. The number of nitro benzene ring substituents is 1. The average Bonchev–Trinajstić information content (AvgIpc) is 2.68. The Kier molecular flexibility index (Phi) is 3.99. The largest absolute Gasteiger partial charge is 0.378 e. The molecule has 7 heteroatoms. The van der Waals surface area contributed by atoms with Crippen LogP contribution < -0.4 is 4.90 Å². The van der Waals surface area contributed by atoms with Crippen molar-refractivity contribution in [1.29, 1.82) is 0 Å². The standard InChI is InChI=1S/C18H16N4O3/c23-22(24)14-6-7-16-15(12-14)17(13-4-2-1-3-5-13)20-18(19-16)21-8-10-25-11-9-21/h1-7,12H,8-11H2. The predicted molar refractivity (Wildman–Crippen MR) is 94.7 cm³/mol. The van der Waals surface area contributed by atoms with Gasteiger partial charge < -0.3 is 9.64 Å². The lowest BCUT2D eigenvalue weighted by atomic mass is 10.1. The smallest absolute Gasteiger partial charge is 0.270 e. The molecule has 1 aromatic heterocycles. The fraction of sp³-hybridized carbons (Fsp3) is 0.222. The highest BCUT2D eigenvalue weighted by molar-refractivity contribution is 5.94. The summed E-state index contributed by atoms with van der Waals surface area (Å²) in [6.45, 7) is 2.74. The Morgan fingerprint density at radius 1 is 1.04 bits per heavy atom. The Balaban J connectivity index is 1.92. The van der Waals surface area contributed by atoms with Crippen molar-refractivity contribution < 1.29 is 9.66 Å². The molecule has 3 aromatic rings. The molecule has 1 saturated heterocycles. The third kappa shape index (κ3) is 3.01. The van der Waals surface area contributed by atoms with Gasteiger partial charge >= 0.3 is 0 Å². The zero-order valence-corrected chi connectivity index (χ0v) is 13.5. The van der Waals surface area contributed by atoms with Gasteiger partial charge in [0.2, 0.25) is 5.95 Å². The van der Waals surface area contributed by atoms with E-state index in [1.165, 1.54) is 6.07 Å². The highest BCUT2D eigenvalue weighted by Gasteiger charge is 2.19. The maximum atomic E-state index is 11.1. The first-order valence-corrected chi connectivity index (χ1v) is 8.07. The molecular formula is C18H16N4O3. The van der Waals surface area contributed by atoms with Crippen LogP contribution in [-0.4, -0.2) is 41.2 Å². The maximum Gasteiger partial charge on any atom is 0.270 e. The number of anilines is 1. The van der Waals surface area contributed by atoms with E-state index in [2.05, 4.69) is 9.88 Å². The maximum absolute atomic E-state index is 11.1. The van der Waals surface area contributed by atoms with E-state index in [1.807, 2.05) is 30.3 Å². The summed E-state index contributed by atoms with van der Waals surface area (Å²) in [6, 6.07) is 14.4. The number of hydrogen-bond donors (Lipinski definition) is 0. The molecule has 4 rings (SSSR count). The van der Waals surface area contributed by atoms with Crippen LogP contribution >= 0.6 is 0 Å². The summed E-state index contributed by atoms with van der Waals surface area (Å²) in [5, 5.41) is 11.8. The van der Waals surface area contributed by atoms with Crippen molar-refractivity contribution in [2.45, 2.75) is 0 Å². The second-order valence-corrected chi connectivity index (χ2v) is 5.80. The third-order valence-electron chi connectivity index (χ3n) is 4.22. The number of rotatable bonds is 3. The molecule has 0 saturated carbocycles. The number of hydrogen-bond acceptors (Lipinski definition) is 6. The predicted octanol–water partition coefficient (Wildman–Crippen LogP) is 3.04. The molecule has 7 nitrogen and oxygen atoms in total. The van der Waals surface area contributed by atoms with E-state index in [-0.39, 0.29) is 5.69 Å². The lowest BCUT2D eigenvalue weighted by Crippen LogP contribution is -2.37. The first-order valence-electron chi connectivity index (χ1n) is 8.07. The van der Waals surface area contributed by atoms with Crippen molar-refractivity contribution in [3.63, 3.8) is 0 Å². The number of non-ortho nitro benzene ring substituents is 1. The van der Waals surface area contributed by atoms with Crippen molar-refractivity contribution in [1.82, 2.24) is 9.97 Å². The van der Waals surface area contributed by atoms with Crippen LogP contribution in [0.1, 0.15) is 0 Å². The molecular weight excluding hydrogens is 320 g/mol. The molecule has 0 unspecified atom stereocenters. The van der Waals surface area contributed by atoms with Crippen LogP contribution in [0.2, 0.25) is 0 Å². The van der Waals surface area contributed by atoms with E-state index in [4.69, 9.17) is 9.72 Å². The molecule has 1 aliphatic rings. The van der Waals surface area contributed by atoms with Gasteiger partial charge in [0, 0.05) is 36.2 Å². The number of nitro groups is 1. The molecule has 0 spiro atoms. The number of fused-ring (bicyclic) bond motifs is 1. The molecule has 1 aliphatic heterocycles. The van der Waals surface area contributed by atoms with E-state index in [0.717, 1.165) is 18.7 Å². The Hall–Kier alpha value is -3.06. The van der Waals surface area contributed by atoms with Crippen molar-refractivity contribution in [2.75, 3.05) is 31.2 Å². The molecule has 0 aliphatic carbocycles. The molecule has 0 amide bonds. The van der Waals surface area contributed by atoms with Gasteiger partial charge in [-0.15, -0.1) is 0 Å². The van der Waals surface area contributed by atoms with Crippen LogP contribution in [0, 0.1) is 10.1 Å². The zero-order chi connectivity index (χ0) is 17.2. The van der Waals surface area contributed by atoms with Gasteiger partial charge in [-0.1, -0.05) is 30.3 Å². The Bertz CT molecular complexity index is 924. The van der Waals surface area contributed by atoms with Gasteiger partial charge in [0.1, 0.15) is 0 Å². The van der Waals surface area contributed by atoms with Crippen LogP contribution in [0.25, 0.3) is 22.2 Å². The molecule has 0 atom stereocenters. The van der Waals surface area contributed by atoms with Gasteiger partial charge in [-0.3, -0.25) is 10.1 Å². The topological polar surface area (TPSA) is 81.4 Å². The van der Waals surface area contributed by atoms with Crippen molar-refractivity contribution >= 4 is 22.5 Å². The van der Waals surface area contributed by atoms with Gasteiger partial charge in [0.05, 0.1) is 29.3 Å². The van der Waals surface area contributed by atoms with Gasteiger partial charge in [-0.2, -0.15) is 0 Å². The molecule has 25 heavy (non-hydrogen) atoms. The van der Waals surface area contributed by atoms with Crippen molar-refractivity contribution in [3.05, 3.63) is 58.6 Å². The first-order chi connectivity index (χ1) is 12.2. The molecule has 0 radical (unpaired) electrons. The third-order valence-corrected chi connectivity index (χ3v) is 4.22. The van der Waals surface area contributed by atoms with E-state index in [9.17, 15) is 10.1 Å². The minimum atomic E-state index is -0.399. The molecule has 1 fully saturated rings. The highest BCUT2D eigenvalue weighted by atomic mass is 16.6. The second kappa shape index (κ2) is 6.45. The van der Waals surface area contributed by atoms with Crippen LogP contribution in [-0.2, 0) is 4.74 Å². The monoisotopic (exact) mass is 336 g/mol. The SMILES string of the molecule is O=[N+]([O-])c1ccc2nc(N3CCOCC3)nc(-c3ccccc3)c2c1. The van der Waals surface area contributed by atoms with Crippen LogP contribution in [0.4, 0.5) is 11.6 Å². The summed E-state index contributed by atoms with van der Waals surface area (Å²) < 4.78 is 5.39. The van der Waals surface area contributed by atoms with Crippen LogP contribution in [0.3, 0.4) is 0 Å². The number of ether oxygens (including phenoxy) is 1. The lowest BCUT2D eigenvalue weighted by molar-refractivity contribution is -0.384. The van der Waals surface area contributed by atoms with Gasteiger partial charge in [-0.25, -0.2) is 9.97 Å². The van der Waals surface area contributed by atoms with Gasteiger partial charge in [0.15, 0.2) is 0 Å². The lowest BCUT2D eigenvalue weighted by Gasteiger charge is -2.27. The number of morpholine rings is 1. The minimum absolute atomic E-state index is 0.0346. The Morgan fingerprint density at radius 2 is 1.80 bits per heavy atom. The quantitative estimate of drug-likeness (QED) is 0.540. The second-order valence-electron chi connectivity index (χ2n) is 5.80. The van der Waals surface area contributed by atoms with Gasteiger partial charge in [-0.05, 0) is 6.07 Å². The summed E-state index contributed by atoms with van der Waals surface area (Å²) in [4.78, 5) is 22.2. The average molecular weight is 336 g/mol. The van der Waals surface area contributed by atoms with Crippen molar-refractivity contribution in [2.24, 2.45) is 0 Å². The Morgan fingerprint density at radius 3 is 2.52 bits per heavy atom. The Labute approximate surface area is 144 Å². The summed E-state index contributed by atoms with van der Waals surface area (Å²) in [6.07, 6.45) is 0. The molecule has 0 N–H and O–H groups in total. The van der Waals surface area contributed by atoms with Crippen LogP contribution in [0.5, 0.6) is 0 Å². The first kappa shape index (κ1) is 15.5.